The van der Waals surface area contributed by atoms with Crippen molar-refractivity contribution in [3.8, 4) is 0 Å². The molecule has 2 aromatic heterocycles. The summed E-state index contributed by atoms with van der Waals surface area (Å²) in [5.74, 6) is 0.107. The highest BCUT2D eigenvalue weighted by atomic mass is 35.5. The predicted octanol–water partition coefficient (Wildman–Crippen LogP) is 4.04. The van der Waals surface area contributed by atoms with E-state index in [0.717, 1.165) is 5.56 Å². The number of ether oxygens (including phenoxy) is 1. The molecule has 0 amide bonds. The number of carbonyl (C=O) groups is 1. The number of nitrogens with zero attached hydrogens (tertiary/aromatic N) is 2. The summed E-state index contributed by atoms with van der Waals surface area (Å²) in [7, 11) is 0. The van der Waals surface area contributed by atoms with Crippen molar-refractivity contribution in [2.45, 2.75) is 40.2 Å². The molecule has 1 N–H and O–H groups in total. The molecule has 0 saturated carbocycles. The molecule has 0 saturated heterocycles. The van der Waals surface area contributed by atoms with E-state index in [2.05, 4.69) is 15.3 Å². The van der Waals surface area contributed by atoms with E-state index in [1.165, 1.54) is 11.3 Å². The highest BCUT2D eigenvalue weighted by molar-refractivity contribution is 7.20. The number of nitrogens with one attached hydrogen (secondary N) is 1. The lowest BCUT2D eigenvalue weighted by atomic mass is 10.1. The maximum atomic E-state index is 11.9. The van der Waals surface area contributed by atoms with Crippen LogP contribution in [0.1, 0.15) is 42.9 Å². The fraction of sp³-hybridized carbons (Fsp3) is 0.500. The van der Waals surface area contributed by atoms with Crippen LogP contribution in [0.15, 0.2) is 0 Å². The molecule has 7 heteroatoms. The second-order valence-electron chi connectivity index (χ2n) is 5.67. The summed E-state index contributed by atoms with van der Waals surface area (Å²) in [5, 5.41) is 4.24. The van der Waals surface area contributed by atoms with Crippen molar-refractivity contribution in [2.75, 3.05) is 11.9 Å². The lowest BCUT2D eigenvalue weighted by molar-refractivity contribution is 0.0531. The van der Waals surface area contributed by atoms with Crippen molar-refractivity contribution in [1.29, 1.82) is 0 Å². The van der Waals surface area contributed by atoms with Gasteiger partial charge in [0.1, 0.15) is 14.9 Å². The first-order valence-electron chi connectivity index (χ1n) is 6.65. The van der Waals surface area contributed by atoms with Crippen LogP contribution in [0.5, 0.6) is 0 Å². The molecule has 114 valence electrons. The predicted molar refractivity (Wildman–Crippen MR) is 86.5 cm³/mol. The lowest BCUT2D eigenvalue weighted by Gasteiger charge is -2.20. The molecule has 5 nitrogen and oxygen atoms in total. The van der Waals surface area contributed by atoms with Crippen LogP contribution in [0, 0.1) is 6.92 Å². The van der Waals surface area contributed by atoms with Gasteiger partial charge in [0.15, 0.2) is 0 Å². The Morgan fingerprint density at radius 2 is 2.05 bits per heavy atom. The number of rotatable bonds is 3. The van der Waals surface area contributed by atoms with Crippen LogP contribution >= 0.6 is 22.9 Å². The molecule has 0 aliphatic heterocycles. The molecule has 0 radical (unpaired) electrons. The Labute approximate surface area is 132 Å². The number of fused-ring (bicyclic) bond motifs is 1. The molecule has 0 unspecified atom stereocenters. The highest BCUT2D eigenvalue weighted by Crippen LogP contribution is 2.35. The molecule has 0 bridgehead atoms. The number of carbonyl (C=O) groups excluding carboxylic acids is 1. The number of anilines is 1. The summed E-state index contributed by atoms with van der Waals surface area (Å²) in [6, 6.07) is 0. The molecule has 21 heavy (non-hydrogen) atoms. The first-order valence-corrected chi connectivity index (χ1v) is 7.84. The Morgan fingerprint density at radius 3 is 2.62 bits per heavy atom. The average molecular weight is 328 g/mol. The quantitative estimate of drug-likeness (QED) is 0.681. The van der Waals surface area contributed by atoms with Crippen molar-refractivity contribution in [3.63, 3.8) is 0 Å². The van der Waals surface area contributed by atoms with Crippen LogP contribution in [0.4, 0.5) is 5.95 Å². The number of halogens is 1. The number of aryl methyl sites for hydroxylation is 1. The molecular formula is C14H18ClN3O2S. The van der Waals surface area contributed by atoms with Gasteiger partial charge in [-0.05, 0) is 40.2 Å². The molecule has 0 aliphatic rings. The van der Waals surface area contributed by atoms with Crippen molar-refractivity contribution >= 4 is 45.1 Å². The highest BCUT2D eigenvalue weighted by Gasteiger charge is 2.21. The van der Waals surface area contributed by atoms with E-state index in [4.69, 9.17) is 16.3 Å². The minimum absolute atomic E-state index is 0.173. The van der Waals surface area contributed by atoms with Gasteiger partial charge in [-0.2, -0.15) is 0 Å². The topological polar surface area (TPSA) is 64.1 Å². The van der Waals surface area contributed by atoms with Gasteiger partial charge < -0.3 is 10.1 Å². The van der Waals surface area contributed by atoms with Gasteiger partial charge in [0, 0.05) is 5.54 Å². The Bertz CT molecular complexity index is 692. The minimum Gasteiger partial charge on any atom is -0.462 e. The molecule has 2 heterocycles. The molecule has 2 rings (SSSR count). The summed E-state index contributed by atoms with van der Waals surface area (Å²) in [6.07, 6.45) is 0. The van der Waals surface area contributed by atoms with Gasteiger partial charge in [-0.3, -0.25) is 0 Å². The SMILES string of the molecule is CCOC(=O)c1sc2nc(NC(C)(C)C)nc(Cl)c2c1C. The van der Waals surface area contributed by atoms with Crippen LogP contribution in [0.25, 0.3) is 10.2 Å². The third-order valence-electron chi connectivity index (χ3n) is 2.69. The lowest BCUT2D eigenvalue weighted by Crippen LogP contribution is -2.27. The van der Waals surface area contributed by atoms with Gasteiger partial charge >= 0.3 is 5.97 Å². The number of aromatic nitrogens is 2. The van der Waals surface area contributed by atoms with Crippen LogP contribution in [0.3, 0.4) is 0 Å². The molecule has 0 fully saturated rings. The monoisotopic (exact) mass is 327 g/mol. The zero-order valence-electron chi connectivity index (χ0n) is 12.7. The third kappa shape index (κ3) is 3.44. The zero-order chi connectivity index (χ0) is 15.8. The Balaban J connectivity index is 2.52. The normalized spacial score (nSPS) is 11.7. The second-order valence-corrected chi connectivity index (χ2v) is 7.03. The third-order valence-corrected chi connectivity index (χ3v) is 4.13. The van der Waals surface area contributed by atoms with Gasteiger partial charge in [-0.15, -0.1) is 11.3 Å². The largest absolute Gasteiger partial charge is 0.462 e. The first kappa shape index (κ1) is 16.0. The standard InChI is InChI=1S/C14H18ClN3O2S/c1-6-20-12(19)9-7(2)8-10(15)16-13(17-11(8)21-9)18-14(3,4)5/h6H2,1-5H3,(H,16,17,18). The van der Waals surface area contributed by atoms with E-state index in [0.29, 0.717) is 32.8 Å². The summed E-state index contributed by atoms with van der Waals surface area (Å²) >= 11 is 7.53. The zero-order valence-corrected chi connectivity index (χ0v) is 14.3. The van der Waals surface area contributed by atoms with E-state index in [9.17, 15) is 4.79 Å². The van der Waals surface area contributed by atoms with Crippen molar-refractivity contribution < 1.29 is 9.53 Å². The average Bonchev–Trinajstić information content (AvgIpc) is 2.65. The van der Waals surface area contributed by atoms with Crippen molar-refractivity contribution in [1.82, 2.24) is 9.97 Å². The summed E-state index contributed by atoms with van der Waals surface area (Å²) in [5.41, 5.74) is 0.591. The van der Waals surface area contributed by atoms with Crippen molar-refractivity contribution in [2.24, 2.45) is 0 Å². The molecule has 0 aromatic carbocycles. The number of thiophene rings is 1. The number of hydrogen-bond donors (Lipinski definition) is 1. The Hall–Kier alpha value is -1.40. The van der Waals surface area contributed by atoms with E-state index in [1.54, 1.807) is 6.92 Å². The van der Waals surface area contributed by atoms with Gasteiger partial charge in [0.2, 0.25) is 5.95 Å². The van der Waals surface area contributed by atoms with Gasteiger partial charge in [0.25, 0.3) is 0 Å². The summed E-state index contributed by atoms with van der Waals surface area (Å²) in [6.45, 7) is 9.98. The van der Waals surface area contributed by atoms with Gasteiger partial charge in [-0.1, -0.05) is 11.6 Å². The fourth-order valence-corrected chi connectivity index (χ4v) is 3.31. The van der Waals surface area contributed by atoms with Crippen molar-refractivity contribution in [3.05, 3.63) is 15.6 Å². The van der Waals surface area contributed by atoms with Crippen LogP contribution in [0.2, 0.25) is 5.15 Å². The number of esters is 1. The number of hydrogen-bond acceptors (Lipinski definition) is 6. The molecule has 0 aliphatic carbocycles. The van der Waals surface area contributed by atoms with E-state index < -0.39 is 0 Å². The molecule has 0 atom stereocenters. The van der Waals surface area contributed by atoms with Crippen LogP contribution in [-0.2, 0) is 4.74 Å². The van der Waals surface area contributed by atoms with Crippen LogP contribution < -0.4 is 5.32 Å². The molecule has 0 spiro atoms. The minimum atomic E-state index is -0.348. The van der Waals surface area contributed by atoms with E-state index in [-0.39, 0.29) is 11.5 Å². The Kier molecular flexibility index (Phi) is 4.39. The smallest absolute Gasteiger partial charge is 0.348 e. The molecule has 2 aromatic rings. The fourth-order valence-electron chi connectivity index (χ4n) is 1.87. The molecular weight excluding hydrogens is 310 g/mol. The first-order chi connectivity index (χ1) is 9.73. The maximum absolute atomic E-state index is 11.9. The van der Waals surface area contributed by atoms with Crippen LogP contribution in [-0.4, -0.2) is 28.1 Å². The summed E-state index contributed by atoms with van der Waals surface area (Å²) in [4.78, 5) is 21.9. The van der Waals surface area contributed by atoms with E-state index in [1.807, 2.05) is 27.7 Å². The Morgan fingerprint density at radius 1 is 1.38 bits per heavy atom. The van der Waals surface area contributed by atoms with Gasteiger partial charge in [-0.25, -0.2) is 14.8 Å². The van der Waals surface area contributed by atoms with Gasteiger partial charge in [0.05, 0.1) is 12.0 Å². The summed E-state index contributed by atoms with van der Waals surface area (Å²) < 4.78 is 5.05. The van der Waals surface area contributed by atoms with E-state index >= 15 is 0 Å². The second kappa shape index (κ2) is 5.77. The maximum Gasteiger partial charge on any atom is 0.348 e.